The summed E-state index contributed by atoms with van der Waals surface area (Å²) in [6.07, 6.45) is 9.23. The maximum Gasteiger partial charge on any atom is 0.222 e. The Hall–Kier alpha value is -1.46. The minimum atomic E-state index is 0.147. The number of nitrogens with zero attached hydrogens (tertiary/aromatic N) is 4. The molecule has 136 valence electrons. The molecule has 4 rings (SSSR count). The van der Waals surface area contributed by atoms with Gasteiger partial charge in [0.1, 0.15) is 0 Å². The summed E-state index contributed by atoms with van der Waals surface area (Å²) in [5, 5.41) is 0. The Bertz CT molecular complexity index is 603. The first-order valence-electron chi connectivity index (χ1n) is 9.75. The van der Waals surface area contributed by atoms with Crippen LogP contribution in [0.25, 0.3) is 0 Å². The molecule has 3 heterocycles. The lowest BCUT2D eigenvalue weighted by atomic mass is 9.86. The number of aromatic nitrogens is 1. The average molecular weight is 342 g/mol. The number of likely N-dealkylation sites (N-methyl/N-ethyl adjacent to an activating group) is 1. The second-order valence-corrected chi connectivity index (χ2v) is 8.25. The van der Waals surface area contributed by atoms with Gasteiger partial charge in [0.25, 0.3) is 0 Å². The summed E-state index contributed by atoms with van der Waals surface area (Å²) in [6.45, 7) is 6.12. The topological polar surface area (TPSA) is 39.7 Å². The molecule has 1 saturated carbocycles. The van der Waals surface area contributed by atoms with Crippen molar-refractivity contribution in [1.82, 2.24) is 19.7 Å². The molecular formula is C20H30N4O. The molecule has 1 spiro atoms. The lowest BCUT2D eigenvalue weighted by Gasteiger charge is -2.49. The van der Waals surface area contributed by atoms with Crippen molar-refractivity contribution >= 4 is 5.91 Å². The van der Waals surface area contributed by atoms with Gasteiger partial charge in [0.2, 0.25) is 5.91 Å². The van der Waals surface area contributed by atoms with Crippen LogP contribution >= 0.6 is 0 Å². The highest BCUT2D eigenvalue weighted by Crippen LogP contribution is 2.35. The van der Waals surface area contributed by atoms with Gasteiger partial charge in [-0.2, -0.15) is 0 Å². The molecule has 0 aromatic carbocycles. The van der Waals surface area contributed by atoms with Crippen LogP contribution in [0.4, 0.5) is 0 Å². The molecule has 1 amide bonds. The molecule has 1 aromatic heterocycles. The first-order chi connectivity index (χ1) is 12.1. The van der Waals surface area contributed by atoms with E-state index >= 15 is 0 Å². The molecule has 3 fully saturated rings. The van der Waals surface area contributed by atoms with Crippen molar-refractivity contribution in [3.05, 3.63) is 30.1 Å². The monoisotopic (exact) mass is 342 g/mol. The van der Waals surface area contributed by atoms with Crippen molar-refractivity contribution < 1.29 is 4.79 Å². The van der Waals surface area contributed by atoms with Gasteiger partial charge in [-0.15, -0.1) is 0 Å². The number of piperazine rings is 1. The van der Waals surface area contributed by atoms with Gasteiger partial charge in [-0.3, -0.25) is 19.6 Å². The molecule has 5 nitrogen and oxygen atoms in total. The fourth-order valence-corrected chi connectivity index (χ4v) is 4.46. The lowest BCUT2D eigenvalue weighted by molar-refractivity contribution is -0.131. The molecule has 3 aliphatic rings. The van der Waals surface area contributed by atoms with E-state index in [0.717, 1.165) is 58.0 Å². The number of hydrogen-bond acceptors (Lipinski definition) is 4. The molecule has 25 heavy (non-hydrogen) atoms. The first kappa shape index (κ1) is 17.0. The zero-order valence-corrected chi connectivity index (χ0v) is 15.4. The van der Waals surface area contributed by atoms with Crippen LogP contribution in [0, 0.1) is 5.92 Å². The average Bonchev–Trinajstić information content (AvgIpc) is 3.45. The third kappa shape index (κ3) is 3.87. The number of carbonyl (C=O) groups excluding carboxylic acids is 1. The molecule has 2 aliphatic heterocycles. The van der Waals surface area contributed by atoms with E-state index in [1.807, 2.05) is 18.5 Å². The molecule has 0 bridgehead atoms. The highest BCUT2D eigenvalue weighted by molar-refractivity contribution is 5.76. The molecule has 0 radical (unpaired) electrons. The van der Waals surface area contributed by atoms with E-state index in [2.05, 4.69) is 32.8 Å². The third-order valence-corrected chi connectivity index (χ3v) is 6.39. The molecular weight excluding hydrogens is 312 g/mol. The Kier molecular flexibility index (Phi) is 4.78. The van der Waals surface area contributed by atoms with Crippen LogP contribution in [0.15, 0.2) is 24.5 Å². The molecule has 1 aromatic rings. The molecule has 5 heteroatoms. The zero-order chi connectivity index (χ0) is 17.3. The summed E-state index contributed by atoms with van der Waals surface area (Å²) in [5.74, 6) is 1.16. The number of pyridine rings is 1. The van der Waals surface area contributed by atoms with Crippen molar-refractivity contribution in [3.63, 3.8) is 0 Å². The minimum absolute atomic E-state index is 0.147. The van der Waals surface area contributed by atoms with E-state index in [1.165, 1.54) is 18.4 Å². The smallest absolute Gasteiger partial charge is 0.222 e. The number of amides is 1. The standard InChI is InChI=1S/C20H30N4O/c1-22-11-12-23(14-18-3-2-9-21-13-18)16-20(22)7-6-19(25)24(10-8-20)15-17-4-5-17/h2-3,9,13,17H,4-8,10-12,14-16H2,1H3. The quantitative estimate of drug-likeness (QED) is 0.839. The Balaban J connectivity index is 1.43. The van der Waals surface area contributed by atoms with E-state index in [0.29, 0.717) is 12.3 Å². The summed E-state index contributed by atoms with van der Waals surface area (Å²) in [5.41, 5.74) is 1.43. The Labute approximate surface area is 151 Å². The minimum Gasteiger partial charge on any atom is -0.342 e. The highest BCUT2D eigenvalue weighted by Gasteiger charge is 2.42. The van der Waals surface area contributed by atoms with Gasteiger partial charge >= 0.3 is 0 Å². The van der Waals surface area contributed by atoms with Crippen molar-refractivity contribution in [2.75, 3.05) is 39.8 Å². The summed E-state index contributed by atoms with van der Waals surface area (Å²) in [6, 6.07) is 4.17. The molecule has 1 aliphatic carbocycles. The van der Waals surface area contributed by atoms with Gasteiger partial charge in [-0.05, 0) is 50.3 Å². The van der Waals surface area contributed by atoms with Crippen LogP contribution < -0.4 is 0 Å². The summed E-state index contributed by atoms with van der Waals surface area (Å²) >= 11 is 0. The second-order valence-electron chi connectivity index (χ2n) is 8.25. The van der Waals surface area contributed by atoms with Crippen LogP contribution in [0.3, 0.4) is 0 Å². The zero-order valence-electron chi connectivity index (χ0n) is 15.4. The van der Waals surface area contributed by atoms with Gasteiger partial charge in [0, 0.05) is 63.6 Å². The fourth-order valence-electron chi connectivity index (χ4n) is 4.46. The van der Waals surface area contributed by atoms with Crippen LogP contribution in [-0.2, 0) is 11.3 Å². The highest BCUT2D eigenvalue weighted by atomic mass is 16.2. The van der Waals surface area contributed by atoms with E-state index in [4.69, 9.17) is 0 Å². The van der Waals surface area contributed by atoms with Crippen molar-refractivity contribution in [2.45, 2.75) is 44.2 Å². The number of carbonyl (C=O) groups is 1. The summed E-state index contributed by atoms with van der Waals surface area (Å²) < 4.78 is 0. The van der Waals surface area contributed by atoms with Gasteiger partial charge in [-0.1, -0.05) is 6.07 Å². The van der Waals surface area contributed by atoms with Gasteiger partial charge in [0.15, 0.2) is 0 Å². The van der Waals surface area contributed by atoms with Crippen molar-refractivity contribution in [2.24, 2.45) is 5.92 Å². The fraction of sp³-hybridized carbons (Fsp3) is 0.700. The molecule has 1 unspecified atom stereocenters. The number of likely N-dealkylation sites (tertiary alicyclic amines) is 1. The predicted molar refractivity (Wildman–Crippen MR) is 98.0 cm³/mol. The van der Waals surface area contributed by atoms with Crippen LogP contribution in [0.2, 0.25) is 0 Å². The number of rotatable bonds is 4. The summed E-state index contributed by atoms with van der Waals surface area (Å²) in [4.78, 5) is 24.1. The van der Waals surface area contributed by atoms with Crippen molar-refractivity contribution in [1.29, 1.82) is 0 Å². The van der Waals surface area contributed by atoms with E-state index < -0.39 is 0 Å². The second kappa shape index (κ2) is 7.04. The lowest BCUT2D eigenvalue weighted by Crippen LogP contribution is -2.60. The normalized spacial score (nSPS) is 29.2. The maximum atomic E-state index is 12.6. The van der Waals surface area contributed by atoms with Gasteiger partial charge in [0.05, 0.1) is 0 Å². The van der Waals surface area contributed by atoms with Crippen LogP contribution in [0.5, 0.6) is 0 Å². The largest absolute Gasteiger partial charge is 0.342 e. The van der Waals surface area contributed by atoms with Gasteiger partial charge < -0.3 is 4.90 Å². The Morgan fingerprint density at radius 3 is 2.88 bits per heavy atom. The first-order valence-corrected chi connectivity index (χ1v) is 9.75. The Morgan fingerprint density at radius 2 is 2.12 bits per heavy atom. The molecule has 0 N–H and O–H groups in total. The third-order valence-electron chi connectivity index (χ3n) is 6.39. The van der Waals surface area contributed by atoms with E-state index in [9.17, 15) is 4.79 Å². The predicted octanol–water partition coefficient (Wildman–Crippen LogP) is 1.99. The summed E-state index contributed by atoms with van der Waals surface area (Å²) in [7, 11) is 2.25. The Morgan fingerprint density at radius 1 is 1.24 bits per heavy atom. The number of hydrogen-bond donors (Lipinski definition) is 0. The molecule has 2 saturated heterocycles. The maximum absolute atomic E-state index is 12.6. The van der Waals surface area contributed by atoms with Gasteiger partial charge in [-0.25, -0.2) is 0 Å². The van der Waals surface area contributed by atoms with Crippen LogP contribution in [-0.4, -0.2) is 70.9 Å². The molecule has 1 atom stereocenters. The van der Waals surface area contributed by atoms with E-state index in [1.54, 1.807) is 0 Å². The SMILES string of the molecule is CN1CCN(Cc2cccnc2)CC12CCC(=O)N(CC1CC1)CC2. The van der Waals surface area contributed by atoms with Crippen molar-refractivity contribution in [3.8, 4) is 0 Å². The van der Waals surface area contributed by atoms with E-state index in [-0.39, 0.29) is 5.54 Å². The van der Waals surface area contributed by atoms with Crippen LogP contribution in [0.1, 0.15) is 37.7 Å².